The van der Waals surface area contributed by atoms with Gasteiger partial charge in [0.05, 0.1) is 17.1 Å². The van der Waals surface area contributed by atoms with Gasteiger partial charge in [0.2, 0.25) is 0 Å². The van der Waals surface area contributed by atoms with Gasteiger partial charge in [-0.2, -0.15) is 5.26 Å². The zero-order chi connectivity index (χ0) is 18.9. The summed E-state index contributed by atoms with van der Waals surface area (Å²) in [4.78, 5) is 23.9. The van der Waals surface area contributed by atoms with Gasteiger partial charge in [-0.05, 0) is 56.2 Å². The summed E-state index contributed by atoms with van der Waals surface area (Å²) in [6.07, 6.45) is 1.70. The van der Waals surface area contributed by atoms with Gasteiger partial charge in [-0.25, -0.2) is 4.79 Å². The molecule has 0 spiro atoms. The van der Waals surface area contributed by atoms with Gasteiger partial charge in [-0.1, -0.05) is 18.2 Å². The van der Waals surface area contributed by atoms with Crippen molar-refractivity contribution in [1.82, 2.24) is 4.57 Å². The van der Waals surface area contributed by atoms with Gasteiger partial charge < -0.3 is 4.74 Å². The number of ether oxygens (including phenoxy) is 1. The third-order valence-corrected chi connectivity index (χ3v) is 3.90. The maximum atomic E-state index is 12.4. The summed E-state index contributed by atoms with van der Waals surface area (Å²) in [5, 5.41) is 9.58. The predicted octanol–water partition coefficient (Wildman–Crippen LogP) is 4.78. The number of rotatable bonds is 2. The van der Waals surface area contributed by atoms with E-state index >= 15 is 0 Å². The lowest BCUT2D eigenvalue weighted by Crippen LogP contribution is -2.26. The van der Waals surface area contributed by atoms with Crippen LogP contribution in [0.3, 0.4) is 0 Å². The topological polar surface area (TPSA) is 72.1 Å². The second kappa shape index (κ2) is 6.49. The highest BCUT2D eigenvalue weighted by molar-refractivity contribution is 6.03. The molecule has 130 valence electrons. The summed E-state index contributed by atoms with van der Waals surface area (Å²) in [7, 11) is 0. The van der Waals surface area contributed by atoms with Gasteiger partial charge in [0.25, 0.3) is 0 Å². The van der Waals surface area contributed by atoms with Crippen LogP contribution < -0.4 is 0 Å². The van der Waals surface area contributed by atoms with E-state index in [1.54, 1.807) is 39.0 Å². The van der Waals surface area contributed by atoms with E-state index in [1.807, 2.05) is 24.3 Å². The molecule has 0 amide bonds. The molecule has 0 saturated heterocycles. The number of aromatic nitrogens is 1. The van der Waals surface area contributed by atoms with Crippen LogP contribution in [0.15, 0.2) is 48.7 Å². The fourth-order valence-corrected chi connectivity index (χ4v) is 2.73. The summed E-state index contributed by atoms with van der Waals surface area (Å²) in [6.45, 7) is 5.38. The van der Waals surface area contributed by atoms with E-state index in [9.17, 15) is 9.59 Å². The van der Waals surface area contributed by atoms with Crippen LogP contribution in [0.2, 0.25) is 0 Å². The van der Waals surface area contributed by atoms with Crippen LogP contribution in [0.5, 0.6) is 0 Å². The summed E-state index contributed by atoms with van der Waals surface area (Å²) in [5.74, 6) is 0. The first-order chi connectivity index (χ1) is 12.3. The molecule has 3 aromatic rings. The molecule has 5 nitrogen and oxygen atoms in total. The Morgan fingerprint density at radius 1 is 1.12 bits per heavy atom. The number of benzene rings is 2. The Bertz CT molecular complexity index is 1030. The lowest BCUT2D eigenvalue weighted by atomic mass is 10.0. The van der Waals surface area contributed by atoms with Crippen molar-refractivity contribution in [3.05, 3.63) is 59.8 Å². The number of carbonyl (C=O) groups excluding carboxylic acids is 2. The first-order valence-electron chi connectivity index (χ1n) is 8.16. The fraction of sp³-hybridized carbons (Fsp3) is 0.190. The number of fused-ring (bicyclic) bond motifs is 1. The van der Waals surface area contributed by atoms with Gasteiger partial charge in [-0.3, -0.25) is 9.36 Å². The Hall–Kier alpha value is -3.39. The van der Waals surface area contributed by atoms with Gasteiger partial charge in [-0.15, -0.1) is 0 Å². The Balaban J connectivity index is 2.08. The molecule has 0 saturated carbocycles. The smallest absolute Gasteiger partial charge is 0.419 e. The van der Waals surface area contributed by atoms with Crippen molar-refractivity contribution in [1.29, 1.82) is 5.26 Å². The molecule has 0 bridgehead atoms. The molecule has 0 N–H and O–H groups in total. The van der Waals surface area contributed by atoms with Crippen molar-refractivity contribution in [2.75, 3.05) is 0 Å². The molecule has 3 rings (SSSR count). The lowest BCUT2D eigenvalue weighted by molar-refractivity contribution is 0.0544. The molecule has 0 aliphatic carbocycles. The highest BCUT2D eigenvalue weighted by atomic mass is 16.6. The third-order valence-electron chi connectivity index (χ3n) is 3.90. The minimum atomic E-state index is -0.628. The molecule has 0 fully saturated rings. The summed E-state index contributed by atoms with van der Waals surface area (Å²) in [6, 6.07) is 14.8. The van der Waals surface area contributed by atoms with Crippen molar-refractivity contribution in [2.45, 2.75) is 26.4 Å². The fourth-order valence-electron chi connectivity index (χ4n) is 2.73. The van der Waals surface area contributed by atoms with E-state index in [1.165, 1.54) is 10.8 Å². The van der Waals surface area contributed by atoms with Gasteiger partial charge in [0.1, 0.15) is 5.60 Å². The first-order valence-corrected chi connectivity index (χ1v) is 8.16. The SMILES string of the molecule is CC(C)(C)OC(=O)n1cc(C=O)c2cc(-c3ccc(C#N)cc3)ccc21. The molecule has 0 aliphatic heterocycles. The number of nitriles is 1. The highest BCUT2D eigenvalue weighted by Crippen LogP contribution is 2.28. The van der Waals surface area contributed by atoms with E-state index in [0.29, 0.717) is 22.0 Å². The number of hydrogen-bond acceptors (Lipinski definition) is 4. The minimum absolute atomic E-state index is 0.418. The number of hydrogen-bond donors (Lipinski definition) is 0. The summed E-state index contributed by atoms with van der Waals surface area (Å²) < 4.78 is 6.76. The number of nitrogens with zero attached hydrogens (tertiary/aromatic N) is 2. The van der Waals surface area contributed by atoms with Gasteiger partial charge in [0.15, 0.2) is 6.29 Å². The normalized spacial score (nSPS) is 11.2. The Morgan fingerprint density at radius 2 is 1.77 bits per heavy atom. The molecule has 0 atom stereocenters. The summed E-state index contributed by atoms with van der Waals surface area (Å²) in [5.41, 5.74) is 2.80. The van der Waals surface area contributed by atoms with Crippen LogP contribution in [0, 0.1) is 11.3 Å². The quantitative estimate of drug-likeness (QED) is 0.626. The van der Waals surface area contributed by atoms with Crippen LogP contribution in [0.25, 0.3) is 22.0 Å². The first kappa shape index (κ1) is 17.4. The number of carbonyl (C=O) groups is 2. The van der Waals surface area contributed by atoms with Crippen molar-refractivity contribution in [3.8, 4) is 17.2 Å². The molecule has 1 aromatic heterocycles. The molecule has 5 heteroatoms. The lowest BCUT2D eigenvalue weighted by Gasteiger charge is -2.19. The monoisotopic (exact) mass is 346 g/mol. The molecule has 26 heavy (non-hydrogen) atoms. The summed E-state index contributed by atoms with van der Waals surface area (Å²) >= 11 is 0. The van der Waals surface area contributed by atoms with Crippen molar-refractivity contribution in [3.63, 3.8) is 0 Å². The van der Waals surface area contributed by atoms with E-state index in [0.717, 1.165) is 17.4 Å². The average molecular weight is 346 g/mol. The third kappa shape index (κ3) is 3.35. The second-order valence-electron chi connectivity index (χ2n) is 6.97. The Morgan fingerprint density at radius 3 is 2.35 bits per heavy atom. The van der Waals surface area contributed by atoms with Crippen LogP contribution in [0.1, 0.15) is 36.7 Å². The van der Waals surface area contributed by atoms with Gasteiger partial charge >= 0.3 is 6.09 Å². The molecule has 0 radical (unpaired) electrons. The minimum Gasteiger partial charge on any atom is -0.443 e. The van der Waals surface area contributed by atoms with E-state index < -0.39 is 11.7 Å². The molecular weight excluding hydrogens is 328 g/mol. The standard InChI is InChI=1S/C21H18N2O3/c1-21(2,3)26-20(25)23-12-17(13-24)18-10-16(8-9-19(18)23)15-6-4-14(11-22)5-7-15/h4-10,12-13H,1-3H3. The Labute approximate surface area is 151 Å². The molecule has 0 unspecified atom stereocenters. The molecular formula is C21H18N2O3. The zero-order valence-corrected chi connectivity index (χ0v) is 14.8. The molecule has 0 aliphatic rings. The average Bonchev–Trinajstić information content (AvgIpc) is 2.98. The van der Waals surface area contributed by atoms with Crippen LogP contribution >= 0.6 is 0 Å². The van der Waals surface area contributed by atoms with E-state index in [2.05, 4.69) is 6.07 Å². The second-order valence-corrected chi connectivity index (χ2v) is 6.97. The van der Waals surface area contributed by atoms with Crippen LogP contribution in [-0.4, -0.2) is 22.5 Å². The Kier molecular flexibility index (Phi) is 4.35. The maximum absolute atomic E-state index is 12.4. The van der Waals surface area contributed by atoms with E-state index in [-0.39, 0.29) is 0 Å². The van der Waals surface area contributed by atoms with Crippen molar-refractivity contribution >= 4 is 23.3 Å². The molecule has 2 aromatic carbocycles. The molecule has 1 heterocycles. The largest absolute Gasteiger partial charge is 0.443 e. The van der Waals surface area contributed by atoms with Gasteiger partial charge in [0, 0.05) is 17.1 Å². The zero-order valence-electron chi connectivity index (χ0n) is 14.8. The maximum Gasteiger partial charge on any atom is 0.419 e. The highest BCUT2D eigenvalue weighted by Gasteiger charge is 2.21. The van der Waals surface area contributed by atoms with Crippen LogP contribution in [0.4, 0.5) is 4.79 Å². The predicted molar refractivity (Wildman–Crippen MR) is 99.1 cm³/mol. The van der Waals surface area contributed by atoms with Crippen molar-refractivity contribution in [2.24, 2.45) is 0 Å². The van der Waals surface area contributed by atoms with E-state index in [4.69, 9.17) is 10.00 Å². The van der Waals surface area contributed by atoms with Crippen LogP contribution in [-0.2, 0) is 4.74 Å². The van der Waals surface area contributed by atoms with Crippen molar-refractivity contribution < 1.29 is 14.3 Å². The number of aldehydes is 1.